The van der Waals surface area contributed by atoms with Gasteiger partial charge in [0, 0.05) is 0 Å². The highest BCUT2D eigenvalue weighted by atomic mass is 19.4. The number of carboxylic acid groups (broad SMARTS) is 1. The van der Waals surface area contributed by atoms with Crippen LogP contribution in [0.25, 0.3) is 0 Å². The topological polar surface area (TPSA) is 37.3 Å². The molecule has 0 saturated carbocycles. The van der Waals surface area contributed by atoms with Gasteiger partial charge in [-0.3, -0.25) is 0 Å². The summed E-state index contributed by atoms with van der Waals surface area (Å²) in [5.74, 6) is -173. The molecule has 348 valence electrons. The summed E-state index contributed by atoms with van der Waals surface area (Å²) in [6.07, 6.45) is -8.48. The average molecular weight is 964 g/mol. The highest BCUT2D eigenvalue weighted by molar-refractivity contribution is 5.77. The number of carboxylic acids is 1. The third-order valence-electron chi connectivity index (χ3n) is 6.93. The van der Waals surface area contributed by atoms with Crippen LogP contribution in [0.3, 0.4) is 0 Å². The Morgan fingerprint density at radius 1 is 0.207 bits per heavy atom. The fraction of sp³-hybridized carbons (Fsp3) is 0.947. The second-order valence-corrected chi connectivity index (χ2v) is 10.6. The first-order valence-electron chi connectivity index (χ1n) is 11.9. The molecular weight excluding hydrogens is 963 g/mol. The van der Waals surface area contributed by atoms with Crippen molar-refractivity contribution in [2.45, 2.75) is 107 Å². The van der Waals surface area contributed by atoms with Crippen LogP contribution in [-0.4, -0.2) is 118 Å². The zero-order valence-electron chi connectivity index (χ0n) is 24.3. The highest BCUT2D eigenvalue weighted by Gasteiger charge is 3.02. The maximum Gasteiger partial charge on any atom is 0.460 e. The predicted octanol–water partition coefficient (Wildman–Crippen LogP) is 11.4. The van der Waals surface area contributed by atoms with Crippen molar-refractivity contribution < 1.29 is 172 Å². The first-order chi connectivity index (χ1) is 24.2. The van der Waals surface area contributed by atoms with Crippen molar-refractivity contribution in [3.05, 3.63) is 0 Å². The maximum atomic E-state index is 13.9. The maximum absolute atomic E-state index is 13.9. The molecule has 0 aromatic heterocycles. The van der Waals surface area contributed by atoms with Crippen molar-refractivity contribution in [3.63, 3.8) is 0 Å². The average Bonchev–Trinajstić information content (AvgIpc) is 2.98. The second-order valence-electron chi connectivity index (χ2n) is 10.6. The van der Waals surface area contributed by atoms with E-state index in [2.05, 4.69) is 0 Å². The highest BCUT2D eigenvalue weighted by Crippen LogP contribution is 2.70. The number of hydrogen-bond donors (Lipinski definition) is 1. The Morgan fingerprint density at radius 2 is 0.310 bits per heavy atom. The SMILES string of the molecule is O=C(O)C(F)(F)C(F)(F)C(F)(F)C(F)(F)C(F)(F)C(F)(F)C(F)(F)C(F)(F)C(F)(F)C(F)(F)C(F)(F)C(F)(F)C(F)(F)C(F)(F)C(F)(F)C(F)(F)C(F)(F)C(F)(F)F. The number of rotatable bonds is 17. The van der Waals surface area contributed by atoms with Crippen molar-refractivity contribution in [1.29, 1.82) is 0 Å². The van der Waals surface area contributed by atoms with E-state index in [4.69, 9.17) is 5.11 Å². The molecule has 0 aliphatic heterocycles. The molecule has 0 spiro atoms. The minimum Gasteiger partial charge on any atom is -0.477 e. The van der Waals surface area contributed by atoms with Gasteiger partial charge in [-0.1, -0.05) is 0 Å². The van der Waals surface area contributed by atoms with Crippen LogP contribution < -0.4 is 0 Å². The van der Waals surface area contributed by atoms with E-state index in [0.717, 1.165) is 0 Å². The molecular formula is C19HF37O2. The van der Waals surface area contributed by atoms with E-state index in [0.29, 0.717) is 0 Å². The summed E-state index contributed by atoms with van der Waals surface area (Å²) >= 11 is 0. The van der Waals surface area contributed by atoms with Gasteiger partial charge >= 0.3 is 113 Å². The lowest BCUT2D eigenvalue weighted by molar-refractivity contribution is -0.493. The lowest BCUT2D eigenvalue weighted by Gasteiger charge is -2.47. The molecule has 0 aromatic rings. The number of halogens is 37. The van der Waals surface area contributed by atoms with Gasteiger partial charge in [-0.15, -0.1) is 0 Å². The van der Waals surface area contributed by atoms with Gasteiger partial charge in [-0.2, -0.15) is 162 Å². The quantitative estimate of drug-likeness (QED) is 0.148. The smallest absolute Gasteiger partial charge is 0.460 e. The van der Waals surface area contributed by atoms with E-state index in [9.17, 15) is 167 Å². The summed E-state index contributed by atoms with van der Waals surface area (Å²) in [7, 11) is 0. The van der Waals surface area contributed by atoms with Crippen molar-refractivity contribution in [1.82, 2.24) is 0 Å². The molecule has 0 rings (SSSR count). The predicted molar refractivity (Wildman–Crippen MR) is 97.8 cm³/mol. The van der Waals surface area contributed by atoms with Crippen LogP contribution in [0.1, 0.15) is 0 Å². The Balaban J connectivity index is 7.90. The summed E-state index contributed by atoms with van der Waals surface area (Å²) in [5, 5.41) is 7.66. The molecule has 0 saturated heterocycles. The molecule has 0 unspecified atom stereocenters. The summed E-state index contributed by atoms with van der Waals surface area (Å²) in [6, 6.07) is 0. The molecule has 0 fully saturated rings. The molecule has 0 heterocycles. The lowest BCUT2D eigenvalue weighted by Crippen LogP contribution is -2.80. The van der Waals surface area contributed by atoms with Crippen LogP contribution in [-0.2, 0) is 4.79 Å². The van der Waals surface area contributed by atoms with E-state index < -0.39 is 113 Å². The van der Waals surface area contributed by atoms with Crippen molar-refractivity contribution in [3.8, 4) is 0 Å². The molecule has 0 radical (unpaired) electrons. The van der Waals surface area contributed by atoms with Crippen LogP contribution in [0.4, 0.5) is 162 Å². The summed E-state index contributed by atoms with van der Waals surface area (Å²) < 4.78 is 497. The third-order valence-corrected chi connectivity index (χ3v) is 6.93. The van der Waals surface area contributed by atoms with Crippen molar-refractivity contribution >= 4 is 5.97 Å². The van der Waals surface area contributed by atoms with Gasteiger partial charge in [0.25, 0.3) is 0 Å². The first-order valence-corrected chi connectivity index (χ1v) is 11.9. The molecule has 0 bridgehead atoms. The number of aliphatic carboxylic acids is 1. The van der Waals surface area contributed by atoms with Gasteiger partial charge < -0.3 is 5.11 Å². The Morgan fingerprint density at radius 3 is 0.414 bits per heavy atom. The van der Waals surface area contributed by atoms with Gasteiger partial charge in [0.1, 0.15) is 0 Å². The Hall–Kier alpha value is -3.12. The fourth-order valence-corrected chi connectivity index (χ4v) is 3.27. The fourth-order valence-electron chi connectivity index (χ4n) is 3.27. The molecule has 2 nitrogen and oxygen atoms in total. The summed E-state index contributed by atoms with van der Waals surface area (Å²) in [6.45, 7) is 0. The molecule has 1 N–H and O–H groups in total. The van der Waals surface area contributed by atoms with Gasteiger partial charge in [-0.05, 0) is 0 Å². The minimum absolute atomic E-state index is 4.90. The number of carbonyl (C=O) groups is 1. The molecule has 0 amide bonds. The zero-order chi connectivity index (χ0) is 48.6. The zero-order valence-corrected chi connectivity index (χ0v) is 24.3. The van der Waals surface area contributed by atoms with Gasteiger partial charge in [0.2, 0.25) is 0 Å². The second kappa shape index (κ2) is 12.9. The van der Waals surface area contributed by atoms with Crippen molar-refractivity contribution in [2.75, 3.05) is 0 Å². The van der Waals surface area contributed by atoms with E-state index >= 15 is 0 Å². The molecule has 0 atom stereocenters. The van der Waals surface area contributed by atoms with Crippen LogP contribution in [0.15, 0.2) is 0 Å². The molecule has 39 heteroatoms. The van der Waals surface area contributed by atoms with Crippen LogP contribution in [0, 0.1) is 0 Å². The molecule has 58 heavy (non-hydrogen) atoms. The summed E-state index contributed by atoms with van der Waals surface area (Å²) in [5.41, 5.74) is 0. The Bertz CT molecular complexity index is 1540. The van der Waals surface area contributed by atoms with E-state index in [-0.39, 0.29) is 0 Å². The lowest BCUT2D eigenvalue weighted by atomic mass is 9.82. The van der Waals surface area contributed by atoms with Crippen LogP contribution >= 0.6 is 0 Å². The van der Waals surface area contributed by atoms with Crippen LogP contribution in [0.5, 0.6) is 0 Å². The third kappa shape index (κ3) is 5.86. The Labute approximate surface area is 286 Å². The number of alkyl halides is 37. The molecule has 0 aliphatic rings. The standard InChI is InChI=1S/C19HF37O2/c20-2(21,1(57)58)3(22,23)4(24,25)5(26,27)6(28,29)7(30,31)8(32,33)9(34,35)10(36,37)11(38,39)12(40,41)13(42,43)14(44,45)15(46,47)16(48,49)17(50,51)18(52,53)19(54,55)56/h(H,57,58). The first kappa shape index (κ1) is 54.9. The van der Waals surface area contributed by atoms with Gasteiger partial charge in [0.15, 0.2) is 0 Å². The van der Waals surface area contributed by atoms with E-state index in [1.165, 1.54) is 0 Å². The van der Waals surface area contributed by atoms with Crippen molar-refractivity contribution in [2.24, 2.45) is 0 Å². The van der Waals surface area contributed by atoms with Crippen LogP contribution in [0.2, 0.25) is 0 Å². The monoisotopic (exact) mass is 964 g/mol. The van der Waals surface area contributed by atoms with E-state index in [1.54, 1.807) is 0 Å². The van der Waals surface area contributed by atoms with E-state index in [1.807, 2.05) is 0 Å². The largest absolute Gasteiger partial charge is 0.477 e. The van der Waals surface area contributed by atoms with Gasteiger partial charge in [0.05, 0.1) is 0 Å². The van der Waals surface area contributed by atoms with Gasteiger partial charge in [-0.25, -0.2) is 4.79 Å². The Kier molecular flexibility index (Phi) is 12.2. The minimum atomic E-state index is -10.5. The molecule has 0 aliphatic carbocycles. The summed E-state index contributed by atoms with van der Waals surface area (Å²) in [4.78, 5) is 9.96. The normalized spacial score (nSPS) is 17.2. The number of hydrogen-bond acceptors (Lipinski definition) is 1. The molecule has 0 aromatic carbocycles.